The molecule has 1 nitrogen and oxygen atoms in total. The summed E-state index contributed by atoms with van der Waals surface area (Å²) in [6.07, 6.45) is 2.58. The largest absolute Gasteiger partial charge is 0.313 e. The highest BCUT2D eigenvalue weighted by molar-refractivity contribution is 7.99. The topological polar surface area (TPSA) is 12.0 Å². The summed E-state index contributed by atoms with van der Waals surface area (Å²) in [7, 11) is 0. The van der Waals surface area contributed by atoms with Crippen molar-refractivity contribution in [2.45, 2.75) is 30.7 Å². The van der Waals surface area contributed by atoms with Crippen molar-refractivity contribution in [2.75, 3.05) is 23.8 Å². The highest BCUT2D eigenvalue weighted by Gasteiger charge is 2.26. The Morgan fingerprint density at radius 1 is 1.28 bits per heavy atom. The molecule has 0 aliphatic carbocycles. The fourth-order valence-corrected chi connectivity index (χ4v) is 4.77. The summed E-state index contributed by atoms with van der Waals surface area (Å²) in [5.74, 6) is 4.77. The lowest BCUT2D eigenvalue weighted by atomic mass is 10.0. The molecule has 2 rings (SSSR count). The maximum atomic E-state index is 3.70. The van der Waals surface area contributed by atoms with Gasteiger partial charge in [-0.15, -0.1) is 11.8 Å². The molecule has 1 aromatic carbocycles. The zero-order chi connectivity index (χ0) is 12.6. The first-order valence-electron chi connectivity index (χ1n) is 6.89. The predicted octanol–water partition coefficient (Wildman–Crippen LogP) is 3.90. The van der Waals surface area contributed by atoms with Crippen molar-refractivity contribution in [1.29, 1.82) is 0 Å². The molecule has 1 N–H and O–H groups in total. The minimum Gasteiger partial charge on any atom is -0.313 e. The molecular weight excluding hydrogens is 258 g/mol. The maximum Gasteiger partial charge on any atom is 0.0194 e. The van der Waals surface area contributed by atoms with E-state index in [1.165, 1.54) is 41.5 Å². The SMILES string of the molecule is CCCNC1CSCC1CCSc1ccccc1. The van der Waals surface area contributed by atoms with Crippen LogP contribution in [0.5, 0.6) is 0 Å². The third-order valence-corrected chi connectivity index (χ3v) is 5.66. The van der Waals surface area contributed by atoms with E-state index in [-0.39, 0.29) is 0 Å². The maximum absolute atomic E-state index is 3.70. The highest BCUT2D eigenvalue weighted by Crippen LogP contribution is 2.29. The molecule has 0 saturated carbocycles. The molecule has 0 bridgehead atoms. The normalized spacial score (nSPS) is 23.4. The fourth-order valence-electron chi connectivity index (χ4n) is 2.28. The lowest BCUT2D eigenvalue weighted by Crippen LogP contribution is -2.36. The van der Waals surface area contributed by atoms with E-state index in [2.05, 4.69) is 54.3 Å². The van der Waals surface area contributed by atoms with Crippen LogP contribution in [0.25, 0.3) is 0 Å². The van der Waals surface area contributed by atoms with Gasteiger partial charge in [-0.05, 0) is 48.9 Å². The van der Waals surface area contributed by atoms with E-state index in [9.17, 15) is 0 Å². The van der Waals surface area contributed by atoms with E-state index in [0.29, 0.717) is 0 Å². The van der Waals surface area contributed by atoms with E-state index >= 15 is 0 Å². The Labute approximate surface area is 120 Å². The average Bonchev–Trinajstić information content (AvgIpc) is 2.85. The summed E-state index contributed by atoms with van der Waals surface area (Å²) < 4.78 is 0. The van der Waals surface area contributed by atoms with Crippen LogP contribution in [0.3, 0.4) is 0 Å². The van der Waals surface area contributed by atoms with Crippen LogP contribution in [0.2, 0.25) is 0 Å². The van der Waals surface area contributed by atoms with Gasteiger partial charge in [0.25, 0.3) is 0 Å². The molecule has 1 aromatic rings. The Hall–Kier alpha value is -0.120. The van der Waals surface area contributed by atoms with Gasteiger partial charge in [0.15, 0.2) is 0 Å². The van der Waals surface area contributed by atoms with Crippen LogP contribution >= 0.6 is 23.5 Å². The summed E-state index contributed by atoms with van der Waals surface area (Å²) in [6, 6.07) is 11.5. The predicted molar refractivity (Wildman–Crippen MR) is 84.7 cm³/mol. The Kier molecular flexibility index (Phi) is 6.46. The van der Waals surface area contributed by atoms with Crippen LogP contribution < -0.4 is 5.32 Å². The second kappa shape index (κ2) is 8.13. The van der Waals surface area contributed by atoms with E-state index in [0.717, 1.165) is 12.0 Å². The number of hydrogen-bond donors (Lipinski definition) is 1. The Bertz CT molecular complexity index is 329. The van der Waals surface area contributed by atoms with Gasteiger partial charge in [0.05, 0.1) is 0 Å². The molecule has 1 saturated heterocycles. The zero-order valence-corrected chi connectivity index (χ0v) is 12.7. The lowest BCUT2D eigenvalue weighted by molar-refractivity contribution is 0.420. The van der Waals surface area contributed by atoms with E-state index in [4.69, 9.17) is 0 Å². The van der Waals surface area contributed by atoms with Crippen molar-refractivity contribution in [3.63, 3.8) is 0 Å². The van der Waals surface area contributed by atoms with Crippen molar-refractivity contribution in [3.05, 3.63) is 30.3 Å². The molecule has 100 valence electrons. The molecular formula is C15H23NS2. The molecule has 2 atom stereocenters. The van der Waals surface area contributed by atoms with Gasteiger partial charge in [0.2, 0.25) is 0 Å². The van der Waals surface area contributed by atoms with E-state index in [1.54, 1.807) is 0 Å². The molecule has 0 amide bonds. The first kappa shape index (κ1) is 14.3. The van der Waals surface area contributed by atoms with E-state index in [1.807, 2.05) is 11.8 Å². The second-order valence-electron chi connectivity index (χ2n) is 4.81. The third-order valence-electron chi connectivity index (χ3n) is 3.36. The van der Waals surface area contributed by atoms with Crippen molar-refractivity contribution in [3.8, 4) is 0 Å². The standard InChI is InChI=1S/C15H23NS2/c1-2-9-16-15-12-17-11-13(15)8-10-18-14-6-4-3-5-7-14/h3-7,13,15-16H,2,8-12H2,1H3. The van der Waals surface area contributed by atoms with Gasteiger partial charge in [-0.1, -0.05) is 25.1 Å². The van der Waals surface area contributed by atoms with Gasteiger partial charge < -0.3 is 5.32 Å². The summed E-state index contributed by atoms with van der Waals surface area (Å²) in [6.45, 7) is 3.42. The van der Waals surface area contributed by atoms with Crippen molar-refractivity contribution < 1.29 is 0 Å². The van der Waals surface area contributed by atoms with Gasteiger partial charge in [-0.2, -0.15) is 11.8 Å². The lowest BCUT2D eigenvalue weighted by Gasteiger charge is -2.19. The van der Waals surface area contributed by atoms with Crippen molar-refractivity contribution >= 4 is 23.5 Å². The first-order valence-corrected chi connectivity index (χ1v) is 9.03. The van der Waals surface area contributed by atoms with Gasteiger partial charge in [0, 0.05) is 16.7 Å². The van der Waals surface area contributed by atoms with Gasteiger partial charge >= 0.3 is 0 Å². The zero-order valence-electron chi connectivity index (χ0n) is 11.1. The van der Waals surface area contributed by atoms with Crippen LogP contribution in [0.1, 0.15) is 19.8 Å². The summed E-state index contributed by atoms with van der Waals surface area (Å²) in [5.41, 5.74) is 0. The summed E-state index contributed by atoms with van der Waals surface area (Å²) in [4.78, 5) is 1.40. The fraction of sp³-hybridized carbons (Fsp3) is 0.600. The van der Waals surface area contributed by atoms with Gasteiger partial charge in [0.1, 0.15) is 0 Å². The smallest absolute Gasteiger partial charge is 0.0194 e. The Morgan fingerprint density at radius 3 is 2.89 bits per heavy atom. The molecule has 1 aliphatic rings. The molecule has 1 aliphatic heterocycles. The first-order chi connectivity index (χ1) is 8.90. The van der Waals surface area contributed by atoms with Crippen LogP contribution in [-0.4, -0.2) is 29.8 Å². The second-order valence-corrected chi connectivity index (χ2v) is 7.05. The minimum absolute atomic E-state index is 0.756. The average molecular weight is 281 g/mol. The van der Waals surface area contributed by atoms with Gasteiger partial charge in [-0.25, -0.2) is 0 Å². The summed E-state index contributed by atoms with van der Waals surface area (Å²) in [5, 5.41) is 3.70. The van der Waals surface area contributed by atoms with Crippen LogP contribution in [-0.2, 0) is 0 Å². The molecule has 1 fully saturated rings. The molecule has 2 unspecified atom stereocenters. The molecule has 18 heavy (non-hydrogen) atoms. The summed E-state index contributed by atoms with van der Waals surface area (Å²) >= 11 is 4.11. The minimum atomic E-state index is 0.756. The monoisotopic (exact) mass is 281 g/mol. The van der Waals surface area contributed by atoms with Crippen LogP contribution in [0.15, 0.2) is 35.2 Å². The number of rotatable bonds is 7. The molecule has 0 radical (unpaired) electrons. The van der Waals surface area contributed by atoms with Gasteiger partial charge in [-0.3, -0.25) is 0 Å². The molecule has 1 heterocycles. The molecule has 0 aromatic heterocycles. The quantitative estimate of drug-likeness (QED) is 0.761. The number of thioether (sulfide) groups is 2. The van der Waals surface area contributed by atoms with E-state index < -0.39 is 0 Å². The van der Waals surface area contributed by atoms with Crippen LogP contribution in [0, 0.1) is 5.92 Å². The highest BCUT2D eigenvalue weighted by atomic mass is 32.2. The van der Waals surface area contributed by atoms with Crippen molar-refractivity contribution in [1.82, 2.24) is 5.32 Å². The Balaban J connectivity index is 1.69. The number of benzene rings is 1. The number of nitrogens with one attached hydrogen (secondary N) is 1. The van der Waals surface area contributed by atoms with Crippen molar-refractivity contribution in [2.24, 2.45) is 5.92 Å². The number of hydrogen-bond acceptors (Lipinski definition) is 3. The van der Waals surface area contributed by atoms with Crippen LogP contribution in [0.4, 0.5) is 0 Å². The molecule has 3 heteroatoms. The molecule has 0 spiro atoms. The Morgan fingerprint density at radius 2 is 2.11 bits per heavy atom. The third kappa shape index (κ3) is 4.52.